The van der Waals surface area contributed by atoms with E-state index in [4.69, 9.17) is 4.74 Å². The van der Waals surface area contributed by atoms with Gasteiger partial charge in [0.2, 0.25) is 27.7 Å². The van der Waals surface area contributed by atoms with E-state index in [1.54, 1.807) is 41.2 Å². The number of aliphatic hydroxyl groups is 1. The van der Waals surface area contributed by atoms with Gasteiger partial charge >= 0.3 is 0 Å². The van der Waals surface area contributed by atoms with Crippen LogP contribution >= 0.6 is 11.3 Å². The fourth-order valence-corrected chi connectivity index (χ4v) is 8.48. The van der Waals surface area contributed by atoms with Crippen LogP contribution in [-0.4, -0.2) is 84.4 Å². The number of sulfonamides is 1. The number of aromatic nitrogens is 2. The zero-order valence-corrected chi connectivity index (χ0v) is 26.1. The Morgan fingerprint density at radius 3 is 2.59 bits per heavy atom. The van der Waals surface area contributed by atoms with Crippen molar-refractivity contribution in [2.45, 2.75) is 36.6 Å². The molecular weight excluding hydrogens is 603 g/mol. The molecule has 1 atom stereocenters. The van der Waals surface area contributed by atoms with E-state index in [1.807, 2.05) is 30.3 Å². The highest BCUT2D eigenvalue weighted by Crippen LogP contribution is 2.47. The number of likely N-dealkylation sites (tertiary alicyclic amines) is 1. The summed E-state index contributed by atoms with van der Waals surface area (Å²) < 4.78 is 34.4. The number of carbonyl (C=O) groups excluding carboxylic acids is 2. The first-order valence-electron chi connectivity index (χ1n) is 14.3. The number of rotatable bonds is 9. The van der Waals surface area contributed by atoms with Gasteiger partial charge in [-0.25, -0.2) is 18.4 Å². The van der Waals surface area contributed by atoms with E-state index >= 15 is 0 Å². The molecule has 4 aromatic rings. The van der Waals surface area contributed by atoms with Crippen molar-refractivity contribution in [1.82, 2.24) is 19.2 Å². The maximum atomic E-state index is 13.9. The van der Waals surface area contributed by atoms with E-state index in [0.717, 1.165) is 11.1 Å². The number of fused-ring (bicyclic) bond motifs is 3. The van der Waals surface area contributed by atoms with E-state index in [2.05, 4.69) is 9.97 Å². The average molecular weight is 636 g/mol. The third kappa shape index (κ3) is 5.56. The van der Waals surface area contributed by atoms with E-state index in [0.29, 0.717) is 53.0 Å². The highest BCUT2D eigenvalue weighted by Gasteiger charge is 2.50. The molecule has 1 fully saturated rings. The smallest absolute Gasteiger partial charge is 0.243 e. The molecule has 6 rings (SSSR count). The lowest BCUT2D eigenvalue weighted by molar-refractivity contribution is -0.128. The van der Waals surface area contributed by atoms with Crippen molar-refractivity contribution in [1.29, 1.82) is 0 Å². The van der Waals surface area contributed by atoms with Gasteiger partial charge in [0.15, 0.2) is 0 Å². The Kier molecular flexibility index (Phi) is 8.14. The summed E-state index contributed by atoms with van der Waals surface area (Å²) in [5.74, 6) is 0.237. The molecule has 1 N–H and O–H groups in total. The second kappa shape index (κ2) is 11.9. The molecule has 4 heterocycles. The Bertz CT molecular complexity index is 1830. The minimum atomic E-state index is -4.00. The maximum absolute atomic E-state index is 13.9. The van der Waals surface area contributed by atoms with Crippen LogP contribution in [0.25, 0.3) is 10.3 Å². The topological polar surface area (TPSA) is 133 Å². The molecule has 1 saturated heterocycles. The van der Waals surface area contributed by atoms with Gasteiger partial charge < -0.3 is 19.6 Å². The Balaban J connectivity index is 1.34. The molecule has 230 valence electrons. The number of hydrogen-bond acceptors (Lipinski definition) is 9. The summed E-state index contributed by atoms with van der Waals surface area (Å²) >= 11 is 1.33. The SMILES string of the molecule is COc1ccc2nc(CC(=O)N3CC4(CCN(C(C)=O)C4)c4cc(S(=O)(=O)N(CCO)Cc5ccccc5)ccc43)sc2n1. The van der Waals surface area contributed by atoms with Crippen molar-refractivity contribution in [3.63, 3.8) is 0 Å². The van der Waals surface area contributed by atoms with E-state index in [1.165, 1.54) is 28.6 Å². The molecule has 11 nitrogen and oxygen atoms in total. The summed E-state index contributed by atoms with van der Waals surface area (Å²) in [6.45, 7) is 2.47. The fraction of sp³-hybridized carbons (Fsp3) is 0.355. The van der Waals surface area contributed by atoms with E-state index < -0.39 is 15.4 Å². The molecule has 13 heteroatoms. The minimum absolute atomic E-state index is 0.0523. The van der Waals surface area contributed by atoms with Crippen molar-refractivity contribution in [3.8, 4) is 5.88 Å². The van der Waals surface area contributed by atoms with Crippen LogP contribution in [0.1, 0.15) is 29.5 Å². The van der Waals surface area contributed by atoms with Crippen LogP contribution in [0.15, 0.2) is 65.6 Å². The lowest BCUT2D eigenvalue weighted by Gasteiger charge is -2.26. The molecule has 2 aliphatic rings. The van der Waals surface area contributed by atoms with Gasteiger partial charge in [-0.2, -0.15) is 4.31 Å². The second-order valence-electron chi connectivity index (χ2n) is 11.1. The molecule has 0 saturated carbocycles. The van der Waals surface area contributed by atoms with Crippen LogP contribution < -0.4 is 9.64 Å². The number of amides is 2. The number of anilines is 1. The quantitative estimate of drug-likeness (QED) is 0.297. The summed E-state index contributed by atoms with van der Waals surface area (Å²) in [5, 5.41) is 10.3. The molecule has 0 radical (unpaired) electrons. The summed E-state index contributed by atoms with van der Waals surface area (Å²) in [6, 6.07) is 17.6. The molecule has 1 unspecified atom stereocenters. The van der Waals surface area contributed by atoms with Gasteiger partial charge in [-0.15, -0.1) is 0 Å². The molecule has 2 aromatic heterocycles. The van der Waals surface area contributed by atoms with Gasteiger partial charge in [0.25, 0.3) is 0 Å². The summed E-state index contributed by atoms with van der Waals surface area (Å²) in [7, 11) is -2.46. The van der Waals surface area contributed by atoms with Crippen molar-refractivity contribution in [2.24, 2.45) is 0 Å². The van der Waals surface area contributed by atoms with Gasteiger partial charge in [0, 0.05) is 56.8 Å². The lowest BCUT2D eigenvalue weighted by atomic mass is 9.81. The zero-order chi connectivity index (χ0) is 31.1. The van der Waals surface area contributed by atoms with E-state index in [-0.39, 0.29) is 42.8 Å². The number of thiazole rings is 1. The van der Waals surface area contributed by atoms with Crippen LogP contribution in [0.5, 0.6) is 5.88 Å². The Hall–Kier alpha value is -3.91. The monoisotopic (exact) mass is 635 g/mol. The number of hydrogen-bond donors (Lipinski definition) is 1. The molecule has 2 aliphatic heterocycles. The Labute approximate surface area is 259 Å². The number of methoxy groups -OCH3 is 1. The molecule has 0 bridgehead atoms. The standard InChI is InChI=1S/C31H33N5O6S2/c1-21(38)34-13-12-31(19-34)20-36(29(39)17-28-32-25-9-11-27(42-2)33-30(25)43-28)26-10-8-23(16-24(26)31)44(40,41)35(14-15-37)18-22-6-4-3-5-7-22/h3-11,16,37H,12-15,17-20H2,1-2H3. The Morgan fingerprint density at radius 1 is 1.09 bits per heavy atom. The first-order valence-corrected chi connectivity index (χ1v) is 16.5. The minimum Gasteiger partial charge on any atom is -0.481 e. The molecule has 0 aliphatic carbocycles. The average Bonchev–Trinajstić information content (AvgIpc) is 3.72. The number of ether oxygens (including phenoxy) is 1. The first kappa shape index (κ1) is 30.1. The summed E-state index contributed by atoms with van der Waals surface area (Å²) in [6.07, 6.45) is 0.652. The van der Waals surface area contributed by atoms with Gasteiger partial charge in [0.1, 0.15) is 15.4 Å². The van der Waals surface area contributed by atoms with Gasteiger partial charge in [-0.3, -0.25) is 9.59 Å². The predicted molar refractivity (Wildman–Crippen MR) is 166 cm³/mol. The van der Waals surface area contributed by atoms with Gasteiger partial charge in [0.05, 0.1) is 25.0 Å². The maximum Gasteiger partial charge on any atom is 0.243 e. The Morgan fingerprint density at radius 2 is 1.89 bits per heavy atom. The second-order valence-corrected chi connectivity index (χ2v) is 14.1. The lowest BCUT2D eigenvalue weighted by Crippen LogP contribution is -2.40. The third-order valence-corrected chi connectivity index (χ3v) is 11.2. The number of pyridine rings is 1. The third-order valence-electron chi connectivity index (χ3n) is 8.37. The van der Waals surface area contributed by atoms with Crippen molar-refractivity contribution in [3.05, 3.63) is 76.8 Å². The van der Waals surface area contributed by atoms with Crippen LogP contribution in [0, 0.1) is 0 Å². The fourth-order valence-electron chi connectivity index (χ4n) is 6.11. The molecule has 2 amide bonds. The van der Waals surface area contributed by atoms with Crippen molar-refractivity contribution < 1.29 is 27.9 Å². The number of nitrogens with zero attached hydrogens (tertiary/aromatic N) is 5. The van der Waals surface area contributed by atoms with E-state index in [9.17, 15) is 23.1 Å². The zero-order valence-electron chi connectivity index (χ0n) is 24.5. The van der Waals surface area contributed by atoms with Crippen LogP contribution in [0.2, 0.25) is 0 Å². The predicted octanol–water partition coefficient (Wildman–Crippen LogP) is 2.96. The van der Waals surface area contributed by atoms with Crippen molar-refractivity contribution >= 4 is 49.2 Å². The molecule has 2 aromatic carbocycles. The van der Waals surface area contributed by atoms with Gasteiger partial charge in [-0.1, -0.05) is 41.7 Å². The van der Waals surface area contributed by atoms with Gasteiger partial charge in [-0.05, 0) is 41.8 Å². The normalized spacial score (nSPS) is 18.0. The van der Waals surface area contributed by atoms with Crippen molar-refractivity contribution in [2.75, 3.05) is 44.8 Å². The first-order chi connectivity index (χ1) is 21.1. The number of carbonyl (C=O) groups is 2. The summed E-state index contributed by atoms with van der Waals surface area (Å²) in [5.41, 5.74) is 2.25. The van der Waals surface area contributed by atoms with Crippen LogP contribution in [0.4, 0.5) is 5.69 Å². The number of benzene rings is 2. The highest BCUT2D eigenvalue weighted by molar-refractivity contribution is 7.89. The molecule has 1 spiro atoms. The number of aliphatic hydroxyl groups excluding tert-OH is 1. The highest BCUT2D eigenvalue weighted by atomic mass is 32.2. The molecular formula is C31H33N5O6S2. The van der Waals surface area contributed by atoms with Crippen LogP contribution in [0.3, 0.4) is 0 Å². The molecule has 44 heavy (non-hydrogen) atoms. The van der Waals surface area contributed by atoms with Crippen LogP contribution in [-0.2, 0) is 38.0 Å². The largest absolute Gasteiger partial charge is 0.481 e. The summed E-state index contributed by atoms with van der Waals surface area (Å²) in [4.78, 5) is 39.4.